The van der Waals surface area contributed by atoms with Gasteiger partial charge in [-0.25, -0.2) is 8.78 Å². The van der Waals surface area contributed by atoms with Gasteiger partial charge in [-0.05, 0) is 37.0 Å². The van der Waals surface area contributed by atoms with E-state index in [-0.39, 0.29) is 24.2 Å². The van der Waals surface area contributed by atoms with Gasteiger partial charge >= 0.3 is 0 Å². The third-order valence-electron chi connectivity index (χ3n) is 3.97. The molecule has 1 heterocycles. The van der Waals surface area contributed by atoms with Crippen molar-refractivity contribution < 1.29 is 13.6 Å². The summed E-state index contributed by atoms with van der Waals surface area (Å²) in [7, 11) is 0. The van der Waals surface area contributed by atoms with Gasteiger partial charge in [0.25, 0.3) is 0 Å². The molecule has 1 aliphatic heterocycles. The van der Waals surface area contributed by atoms with Crippen molar-refractivity contribution >= 4 is 5.91 Å². The second kappa shape index (κ2) is 4.76. The van der Waals surface area contributed by atoms with E-state index >= 15 is 0 Å². The van der Waals surface area contributed by atoms with Crippen LogP contribution in [0.3, 0.4) is 0 Å². The molecular formula is C15H15F2NO. The Kier molecular flexibility index (Phi) is 3.09. The van der Waals surface area contributed by atoms with Crippen LogP contribution in [0.5, 0.6) is 0 Å². The molecule has 0 saturated carbocycles. The normalized spacial score (nSPS) is 18.7. The summed E-state index contributed by atoms with van der Waals surface area (Å²) in [6, 6.07) is 2.30. The fourth-order valence-electron chi connectivity index (χ4n) is 2.86. The van der Waals surface area contributed by atoms with Gasteiger partial charge in [-0.3, -0.25) is 4.79 Å². The summed E-state index contributed by atoms with van der Waals surface area (Å²) in [6.07, 6.45) is 5.91. The zero-order chi connectivity index (χ0) is 13.4. The summed E-state index contributed by atoms with van der Waals surface area (Å²) < 4.78 is 27.3. The topological polar surface area (TPSA) is 20.3 Å². The number of allylic oxidation sites excluding steroid dienone is 2. The maximum atomic E-state index is 13.7. The fourth-order valence-corrected chi connectivity index (χ4v) is 2.86. The number of carbonyl (C=O) groups is 1. The van der Waals surface area contributed by atoms with E-state index in [1.807, 2.05) is 12.2 Å². The average molecular weight is 263 g/mol. The molecule has 19 heavy (non-hydrogen) atoms. The number of nitrogens with zero attached hydrogens (tertiary/aromatic N) is 1. The number of rotatable bonds is 1. The summed E-state index contributed by atoms with van der Waals surface area (Å²) >= 11 is 0. The molecule has 4 heteroatoms. The first-order valence-electron chi connectivity index (χ1n) is 6.56. The van der Waals surface area contributed by atoms with Gasteiger partial charge in [0.15, 0.2) is 0 Å². The molecule has 1 aromatic rings. The molecule has 0 spiro atoms. The Morgan fingerprint density at radius 1 is 1.11 bits per heavy atom. The predicted octanol–water partition coefficient (Wildman–Crippen LogP) is 2.82. The Morgan fingerprint density at radius 2 is 1.74 bits per heavy atom. The van der Waals surface area contributed by atoms with Crippen LogP contribution in [0.2, 0.25) is 0 Å². The highest BCUT2D eigenvalue weighted by atomic mass is 19.1. The number of fused-ring (bicyclic) bond motifs is 1. The van der Waals surface area contributed by atoms with Crippen molar-refractivity contribution in [2.75, 3.05) is 6.54 Å². The van der Waals surface area contributed by atoms with Crippen molar-refractivity contribution in [3.05, 3.63) is 47.0 Å². The summed E-state index contributed by atoms with van der Waals surface area (Å²) in [5, 5.41) is 0. The van der Waals surface area contributed by atoms with E-state index in [4.69, 9.17) is 0 Å². The summed E-state index contributed by atoms with van der Waals surface area (Å²) in [4.78, 5) is 13.9. The Morgan fingerprint density at radius 3 is 2.42 bits per heavy atom. The van der Waals surface area contributed by atoms with Crippen LogP contribution in [-0.2, 0) is 17.8 Å². The van der Waals surface area contributed by atoms with E-state index in [2.05, 4.69) is 0 Å². The van der Waals surface area contributed by atoms with Crippen molar-refractivity contribution in [3.8, 4) is 0 Å². The van der Waals surface area contributed by atoms with E-state index in [9.17, 15) is 13.6 Å². The molecule has 3 rings (SSSR count). The standard InChI is InChI=1S/C15H15F2NO/c16-13-5-6-14(17)12-9-18(8-7-11(12)13)15(19)10-3-1-2-4-10/h1-2,5-6,10H,3-4,7-9H2. The molecule has 0 unspecified atom stereocenters. The van der Waals surface area contributed by atoms with E-state index in [1.54, 1.807) is 4.90 Å². The molecule has 100 valence electrons. The van der Waals surface area contributed by atoms with Gasteiger partial charge in [0.05, 0.1) is 0 Å². The minimum absolute atomic E-state index is 0.0156. The van der Waals surface area contributed by atoms with E-state index in [1.165, 1.54) is 0 Å². The quantitative estimate of drug-likeness (QED) is 0.713. The molecule has 0 bridgehead atoms. The average Bonchev–Trinajstić information content (AvgIpc) is 2.96. The summed E-state index contributed by atoms with van der Waals surface area (Å²) in [6.45, 7) is 0.664. The van der Waals surface area contributed by atoms with Gasteiger partial charge in [0.1, 0.15) is 11.6 Å². The highest BCUT2D eigenvalue weighted by molar-refractivity contribution is 5.80. The van der Waals surface area contributed by atoms with Gasteiger partial charge in [-0.15, -0.1) is 0 Å². The van der Waals surface area contributed by atoms with Crippen molar-refractivity contribution in [2.45, 2.75) is 25.8 Å². The lowest BCUT2D eigenvalue weighted by Crippen LogP contribution is -2.39. The van der Waals surface area contributed by atoms with Crippen LogP contribution in [0, 0.1) is 17.6 Å². The Balaban J connectivity index is 1.82. The third kappa shape index (κ3) is 2.15. The van der Waals surface area contributed by atoms with Crippen LogP contribution in [0.4, 0.5) is 8.78 Å². The molecule has 0 saturated heterocycles. The largest absolute Gasteiger partial charge is 0.338 e. The van der Waals surface area contributed by atoms with Gasteiger partial charge in [0.2, 0.25) is 5.91 Å². The molecule has 1 aliphatic carbocycles. The maximum absolute atomic E-state index is 13.7. The Hall–Kier alpha value is -1.71. The first-order valence-corrected chi connectivity index (χ1v) is 6.56. The third-order valence-corrected chi connectivity index (χ3v) is 3.97. The Bertz CT molecular complexity index is 545. The highest BCUT2D eigenvalue weighted by Gasteiger charge is 2.29. The van der Waals surface area contributed by atoms with Crippen molar-refractivity contribution in [1.29, 1.82) is 0 Å². The minimum Gasteiger partial charge on any atom is -0.338 e. The van der Waals surface area contributed by atoms with Crippen LogP contribution in [0.25, 0.3) is 0 Å². The molecule has 0 radical (unpaired) electrons. The van der Waals surface area contributed by atoms with E-state index in [0.717, 1.165) is 25.0 Å². The lowest BCUT2D eigenvalue weighted by Gasteiger charge is -2.31. The van der Waals surface area contributed by atoms with Crippen LogP contribution < -0.4 is 0 Å². The molecule has 0 fully saturated rings. The van der Waals surface area contributed by atoms with Gasteiger partial charge in [-0.2, -0.15) is 0 Å². The first kappa shape index (κ1) is 12.3. The van der Waals surface area contributed by atoms with Gasteiger partial charge < -0.3 is 4.90 Å². The van der Waals surface area contributed by atoms with E-state index < -0.39 is 5.82 Å². The molecule has 1 amide bonds. The zero-order valence-electron chi connectivity index (χ0n) is 10.5. The number of hydrogen-bond acceptors (Lipinski definition) is 1. The van der Waals surface area contributed by atoms with Crippen LogP contribution in [0.1, 0.15) is 24.0 Å². The number of hydrogen-bond donors (Lipinski definition) is 0. The number of halogens is 2. The summed E-state index contributed by atoms with van der Waals surface area (Å²) in [5.74, 6) is -0.748. The van der Waals surface area contributed by atoms with Gasteiger partial charge in [-0.1, -0.05) is 12.2 Å². The second-order valence-electron chi connectivity index (χ2n) is 5.14. The lowest BCUT2D eigenvalue weighted by molar-refractivity contribution is -0.136. The fraction of sp³-hybridized carbons (Fsp3) is 0.400. The molecular weight excluding hydrogens is 248 g/mol. The molecule has 0 aromatic heterocycles. The number of benzene rings is 1. The smallest absolute Gasteiger partial charge is 0.226 e. The molecule has 2 aliphatic rings. The van der Waals surface area contributed by atoms with Crippen molar-refractivity contribution in [1.82, 2.24) is 4.90 Å². The molecule has 0 atom stereocenters. The first-order chi connectivity index (χ1) is 9.16. The van der Waals surface area contributed by atoms with Crippen LogP contribution >= 0.6 is 0 Å². The van der Waals surface area contributed by atoms with Crippen LogP contribution in [0.15, 0.2) is 24.3 Å². The van der Waals surface area contributed by atoms with Crippen molar-refractivity contribution in [2.24, 2.45) is 5.92 Å². The number of amides is 1. The molecule has 0 N–H and O–H groups in total. The van der Waals surface area contributed by atoms with Crippen LogP contribution in [-0.4, -0.2) is 17.4 Å². The lowest BCUT2D eigenvalue weighted by atomic mass is 9.96. The zero-order valence-corrected chi connectivity index (χ0v) is 10.5. The predicted molar refractivity (Wildman–Crippen MR) is 67.3 cm³/mol. The summed E-state index contributed by atoms with van der Waals surface area (Å²) in [5.41, 5.74) is 0.763. The minimum atomic E-state index is -0.418. The highest BCUT2D eigenvalue weighted by Crippen LogP contribution is 2.27. The number of carbonyl (C=O) groups excluding carboxylic acids is 1. The van der Waals surface area contributed by atoms with E-state index in [0.29, 0.717) is 24.1 Å². The second-order valence-corrected chi connectivity index (χ2v) is 5.14. The molecule has 2 nitrogen and oxygen atoms in total. The Labute approximate surface area is 110 Å². The monoisotopic (exact) mass is 263 g/mol. The SMILES string of the molecule is O=C(C1CC=CC1)N1CCc2c(F)ccc(F)c2C1. The van der Waals surface area contributed by atoms with Gasteiger partial charge in [0, 0.05) is 24.6 Å². The van der Waals surface area contributed by atoms with Crippen molar-refractivity contribution in [3.63, 3.8) is 0 Å². The maximum Gasteiger partial charge on any atom is 0.226 e. The molecule has 1 aromatic carbocycles.